The van der Waals surface area contributed by atoms with Gasteiger partial charge in [-0.05, 0) is 26.0 Å². The Morgan fingerprint density at radius 2 is 2.00 bits per heavy atom. The lowest BCUT2D eigenvalue weighted by atomic mass is 10.1. The van der Waals surface area contributed by atoms with Crippen LogP contribution in [0.15, 0.2) is 29.2 Å². The van der Waals surface area contributed by atoms with Crippen molar-refractivity contribution >= 4 is 15.7 Å². The number of morpholine rings is 1. The van der Waals surface area contributed by atoms with Crippen LogP contribution in [-0.2, 0) is 14.8 Å². The number of para-hydroxylation sites is 1. The van der Waals surface area contributed by atoms with Gasteiger partial charge in [0.1, 0.15) is 4.90 Å². The van der Waals surface area contributed by atoms with Crippen LogP contribution in [0.25, 0.3) is 0 Å². The second-order valence-corrected chi connectivity index (χ2v) is 6.81. The lowest BCUT2D eigenvalue weighted by molar-refractivity contribution is -0.00768. The van der Waals surface area contributed by atoms with Crippen LogP contribution in [0.3, 0.4) is 0 Å². The van der Waals surface area contributed by atoms with Crippen molar-refractivity contribution in [3.8, 4) is 0 Å². The molecule has 0 aliphatic carbocycles. The van der Waals surface area contributed by atoms with Gasteiger partial charge >= 0.3 is 0 Å². The standard InChI is InChI=1S/C12H18N2O3S/c1-12(2)9-17-8-7-14(12)18(15,16)11-6-4-3-5-10(11)13/h3-6H,7-9,13H2,1-2H3. The third-order valence-corrected chi connectivity index (χ3v) is 5.24. The van der Waals surface area contributed by atoms with Crippen LogP contribution in [0.4, 0.5) is 5.69 Å². The Kier molecular flexibility index (Phi) is 3.35. The second kappa shape index (κ2) is 4.53. The molecule has 0 bridgehead atoms. The van der Waals surface area contributed by atoms with E-state index in [1.807, 2.05) is 13.8 Å². The molecule has 2 N–H and O–H groups in total. The predicted molar refractivity (Wildman–Crippen MR) is 69.6 cm³/mol. The summed E-state index contributed by atoms with van der Waals surface area (Å²) < 4.78 is 32.0. The Balaban J connectivity index is 2.46. The lowest BCUT2D eigenvalue weighted by Gasteiger charge is -2.40. The topological polar surface area (TPSA) is 72.6 Å². The average molecular weight is 270 g/mol. The Labute approximate surface area is 108 Å². The molecule has 0 radical (unpaired) electrons. The summed E-state index contributed by atoms with van der Waals surface area (Å²) in [4.78, 5) is 0.167. The Bertz CT molecular complexity index is 540. The van der Waals surface area contributed by atoms with Crippen LogP contribution in [0.1, 0.15) is 13.8 Å². The predicted octanol–water partition coefficient (Wildman–Crippen LogP) is 1.07. The molecule has 1 heterocycles. The maximum Gasteiger partial charge on any atom is 0.245 e. The van der Waals surface area contributed by atoms with E-state index in [0.717, 1.165) is 0 Å². The summed E-state index contributed by atoms with van der Waals surface area (Å²) in [7, 11) is -3.57. The zero-order valence-corrected chi connectivity index (χ0v) is 11.4. The van der Waals surface area contributed by atoms with E-state index >= 15 is 0 Å². The molecule has 0 spiro atoms. The fraction of sp³-hybridized carbons (Fsp3) is 0.500. The zero-order chi connectivity index (χ0) is 13.4. The van der Waals surface area contributed by atoms with Crippen molar-refractivity contribution in [2.75, 3.05) is 25.5 Å². The summed E-state index contributed by atoms with van der Waals surface area (Å²) in [5.74, 6) is 0. The number of nitrogens with zero attached hydrogens (tertiary/aromatic N) is 1. The molecule has 0 unspecified atom stereocenters. The summed E-state index contributed by atoms with van der Waals surface area (Å²) in [6.45, 7) is 4.85. The van der Waals surface area contributed by atoms with Crippen LogP contribution in [-0.4, -0.2) is 38.0 Å². The largest absolute Gasteiger partial charge is 0.398 e. The van der Waals surface area contributed by atoms with Crippen molar-refractivity contribution in [2.45, 2.75) is 24.3 Å². The smallest absolute Gasteiger partial charge is 0.245 e. The summed E-state index contributed by atoms with van der Waals surface area (Å²) >= 11 is 0. The van der Waals surface area contributed by atoms with Crippen LogP contribution in [0.5, 0.6) is 0 Å². The summed E-state index contributed by atoms with van der Waals surface area (Å²) in [5.41, 5.74) is 5.49. The number of benzene rings is 1. The van der Waals surface area contributed by atoms with E-state index in [2.05, 4.69) is 0 Å². The van der Waals surface area contributed by atoms with Gasteiger partial charge in [-0.3, -0.25) is 0 Å². The van der Waals surface area contributed by atoms with Crippen LogP contribution in [0, 0.1) is 0 Å². The molecule has 6 heteroatoms. The van der Waals surface area contributed by atoms with Gasteiger partial charge < -0.3 is 10.5 Å². The first kappa shape index (κ1) is 13.3. The number of ether oxygens (including phenoxy) is 1. The van der Waals surface area contributed by atoms with E-state index in [-0.39, 0.29) is 10.6 Å². The first-order chi connectivity index (χ1) is 8.36. The van der Waals surface area contributed by atoms with Gasteiger partial charge in [0.15, 0.2) is 0 Å². The molecule has 18 heavy (non-hydrogen) atoms. The van der Waals surface area contributed by atoms with E-state index in [0.29, 0.717) is 19.8 Å². The van der Waals surface area contributed by atoms with Crippen LogP contribution >= 0.6 is 0 Å². The molecule has 2 rings (SSSR count). The number of sulfonamides is 1. The molecular weight excluding hydrogens is 252 g/mol. The van der Waals surface area contributed by atoms with Crippen molar-refractivity contribution < 1.29 is 13.2 Å². The maximum absolute atomic E-state index is 12.6. The minimum absolute atomic E-state index is 0.167. The molecule has 0 amide bonds. The number of rotatable bonds is 2. The fourth-order valence-corrected chi connectivity index (χ4v) is 4.00. The number of anilines is 1. The molecule has 0 atom stereocenters. The van der Waals surface area contributed by atoms with E-state index in [1.54, 1.807) is 18.2 Å². The van der Waals surface area contributed by atoms with E-state index in [9.17, 15) is 8.42 Å². The monoisotopic (exact) mass is 270 g/mol. The van der Waals surface area contributed by atoms with Gasteiger partial charge in [0, 0.05) is 6.54 Å². The highest BCUT2D eigenvalue weighted by Gasteiger charge is 2.40. The van der Waals surface area contributed by atoms with Gasteiger partial charge in [-0.15, -0.1) is 0 Å². The van der Waals surface area contributed by atoms with Crippen molar-refractivity contribution in [1.82, 2.24) is 4.31 Å². The van der Waals surface area contributed by atoms with E-state index in [4.69, 9.17) is 10.5 Å². The van der Waals surface area contributed by atoms with Gasteiger partial charge in [0.25, 0.3) is 0 Å². The Morgan fingerprint density at radius 3 is 2.61 bits per heavy atom. The average Bonchev–Trinajstić information content (AvgIpc) is 2.28. The first-order valence-electron chi connectivity index (χ1n) is 5.81. The number of nitrogen functional groups attached to an aromatic ring is 1. The molecule has 0 aromatic heterocycles. The lowest BCUT2D eigenvalue weighted by Crippen LogP contribution is -2.55. The van der Waals surface area contributed by atoms with Crippen molar-refractivity contribution in [2.24, 2.45) is 0 Å². The number of hydrogen-bond donors (Lipinski definition) is 1. The normalized spacial score (nSPS) is 20.8. The number of hydrogen-bond acceptors (Lipinski definition) is 4. The zero-order valence-electron chi connectivity index (χ0n) is 10.6. The van der Waals surface area contributed by atoms with Gasteiger partial charge in [-0.1, -0.05) is 12.1 Å². The SMILES string of the molecule is CC1(C)COCCN1S(=O)(=O)c1ccccc1N. The fourth-order valence-electron chi connectivity index (χ4n) is 2.12. The highest BCUT2D eigenvalue weighted by molar-refractivity contribution is 7.89. The van der Waals surface area contributed by atoms with Crippen molar-refractivity contribution in [3.63, 3.8) is 0 Å². The summed E-state index contributed by atoms with van der Waals surface area (Å²) in [6.07, 6.45) is 0. The van der Waals surface area contributed by atoms with E-state index < -0.39 is 15.6 Å². The van der Waals surface area contributed by atoms with Crippen LogP contribution < -0.4 is 5.73 Å². The molecule has 100 valence electrons. The second-order valence-electron chi connectivity index (χ2n) is 4.98. The molecule has 1 aliphatic rings. The van der Waals surface area contributed by atoms with Gasteiger partial charge in [-0.2, -0.15) is 4.31 Å². The summed E-state index contributed by atoms with van der Waals surface area (Å²) in [6, 6.07) is 6.53. The highest BCUT2D eigenvalue weighted by Crippen LogP contribution is 2.29. The molecular formula is C12H18N2O3S. The minimum Gasteiger partial charge on any atom is -0.398 e. The minimum atomic E-state index is -3.57. The van der Waals surface area contributed by atoms with Gasteiger partial charge in [0.05, 0.1) is 24.4 Å². The van der Waals surface area contributed by atoms with Crippen molar-refractivity contribution in [1.29, 1.82) is 0 Å². The Morgan fingerprint density at radius 1 is 1.33 bits per heavy atom. The van der Waals surface area contributed by atoms with Gasteiger partial charge in [0.2, 0.25) is 10.0 Å². The highest BCUT2D eigenvalue weighted by atomic mass is 32.2. The third-order valence-electron chi connectivity index (χ3n) is 3.06. The quantitative estimate of drug-likeness (QED) is 0.816. The van der Waals surface area contributed by atoms with Gasteiger partial charge in [-0.25, -0.2) is 8.42 Å². The molecule has 1 aromatic carbocycles. The molecule has 1 aliphatic heterocycles. The molecule has 5 nitrogen and oxygen atoms in total. The van der Waals surface area contributed by atoms with Crippen molar-refractivity contribution in [3.05, 3.63) is 24.3 Å². The molecule has 1 fully saturated rings. The molecule has 1 aromatic rings. The molecule has 1 saturated heterocycles. The summed E-state index contributed by atoms with van der Waals surface area (Å²) in [5, 5.41) is 0. The Hall–Kier alpha value is -1.11. The maximum atomic E-state index is 12.6. The third kappa shape index (κ3) is 2.23. The van der Waals surface area contributed by atoms with Crippen LogP contribution in [0.2, 0.25) is 0 Å². The van der Waals surface area contributed by atoms with E-state index in [1.165, 1.54) is 10.4 Å². The molecule has 0 saturated carbocycles. The number of nitrogens with two attached hydrogens (primary N) is 1. The first-order valence-corrected chi connectivity index (χ1v) is 7.25.